The molecule has 3 N–H and O–H groups in total. The molecule has 1 saturated heterocycles. The van der Waals surface area contributed by atoms with Gasteiger partial charge in [0.25, 0.3) is 0 Å². The number of carbonyl (C=O) groups is 1. The SMILES string of the molecule is CC(C)CC(C)(O)CNC(=O)C1CNCC1C. The minimum absolute atomic E-state index is 0.0462. The van der Waals surface area contributed by atoms with Gasteiger partial charge in [-0.15, -0.1) is 0 Å². The Morgan fingerprint density at radius 3 is 2.65 bits per heavy atom. The molecule has 4 nitrogen and oxygen atoms in total. The number of carbonyl (C=O) groups excluding carboxylic acids is 1. The van der Waals surface area contributed by atoms with Gasteiger partial charge in [-0.1, -0.05) is 20.8 Å². The van der Waals surface area contributed by atoms with E-state index in [-0.39, 0.29) is 11.8 Å². The van der Waals surface area contributed by atoms with Gasteiger partial charge in [-0.25, -0.2) is 0 Å². The summed E-state index contributed by atoms with van der Waals surface area (Å²) in [6.07, 6.45) is 0.700. The topological polar surface area (TPSA) is 61.4 Å². The molecule has 1 heterocycles. The first-order chi connectivity index (χ1) is 7.82. The molecule has 0 spiro atoms. The van der Waals surface area contributed by atoms with Gasteiger partial charge in [0.15, 0.2) is 0 Å². The molecule has 1 amide bonds. The fraction of sp³-hybridized carbons (Fsp3) is 0.923. The van der Waals surface area contributed by atoms with E-state index in [0.717, 1.165) is 13.1 Å². The lowest BCUT2D eigenvalue weighted by Crippen LogP contribution is -2.44. The van der Waals surface area contributed by atoms with Crippen molar-refractivity contribution in [1.29, 1.82) is 0 Å². The van der Waals surface area contributed by atoms with Gasteiger partial charge >= 0.3 is 0 Å². The smallest absolute Gasteiger partial charge is 0.224 e. The molecule has 4 heteroatoms. The van der Waals surface area contributed by atoms with Crippen molar-refractivity contribution in [2.24, 2.45) is 17.8 Å². The van der Waals surface area contributed by atoms with Gasteiger partial charge in [-0.2, -0.15) is 0 Å². The van der Waals surface area contributed by atoms with E-state index in [1.165, 1.54) is 0 Å². The zero-order chi connectivity index (χ0) is 13.1. The predicted octanol–water partition coefficient (Wildman–Crippen LogP) is 0.755. The molecular weight excluding hydrogens is 216 g/mol. The van der Waals surface area contributed by atoms with E-state index in [1.54, 1.807) is 6.92 Å². The van der Waals surface area contributed by atoms with Gasteiger partial charge in [-0.3, -0.25) is 4.79 Å². The predicted molar refractivity (Wildman–Crippen MR) is 68.6 cm³/mol. The third-order valence-electron chi connectivity index (χ3n) is 3.35. The minimum atomic E-state index is -0.806. The lowest BCUT2D eigenvalue weighted by atomic mass is 9.93. The largest absolute Gasteiger partial charge is 0.388 e. The van der Waals surface area contributed by atoms with Crippen LogP contribution in [-0.2, 0) is 4.79 Å². The zero-order valence-electron chi connectivity index (χ0n) is 11.4. The van der Waals surface area contributed by atoms with Crippen molar-refractivity contribution in [2.75, 3.05) is 19.6 Å². The highest BCUT2D eigenvalue weighted by Crippen LogP contribution is 2.18. The van der Waals surface area contributed by atoms with Crippen molar-refractivity contribution in [2.45, 2.75) is 39.7 Å². The van der Waals surface area contributed by atoms with Crippen molar-refractivity contribution >= 4 is 5.91 Å². The molecule has 1 rings (SSSR count). The molecule has 1 aliphatic rings. The van der Waals surface area contributed by atoms with Crippen molar-refractivity contribution in [3.63, 3.8) is 0 Å². The molecule has 0 saturated carbocycles. The molecule has 0 aliphatic carbocycles. The Bertz CT molecular complexity index is 264. The maximum Gasteiger partial charge on any atom is 0.224 e. The van der Waals surface area contributed by atoms with Gasteiger partial charge in [0.1, 0.15) is 0 Å². The highest BCUT2D eigenvalue weighted by molar-refractivity contribution is 5.79. The first-order valence-electron chi connectivity index (χ1n) is 6.52. The Balaban J connectivity index is 2.37. The van der Waals surface area contributed by atoms with Crippen molar-refractivity contribution in [3.05, 3.63) is 0 Å². The van der Waals surface area contributed by atoms with Gasteiger partial charge < -0.3 is 15.7 Å². The molecule has 1 fully saturated rings. The van der Waals surface area contributed by atoms with E-state index < -0.39 is 5.60 Å². The van der Waals surface area contributed by atoms with Crippen LogP contribution in [0.4, 0.5) is 0 Å². The molecule has 0 aromatic heterocycles. The number of nitrogens with one attached hydrogen (secondary N) is 2. The third-order valence-corrected chi connectivity index (χ3v) is 3.35. The first-order valence-corrected chi connectivity index (χ1v) is 6.52. The molecule has 3 unspecified atom stereocenters. The summed E-state index contributed by atoms with van der Waals surface area (Å²) < 4.78 is 0. The molecule has 3 atom stereocenters. The molecule has 0 bridgehead atoms. The number of aliphatic hydroxyl groups is 1. The summed E-state index contributed by atoms with van der Waals surface area (Å²) in [6, 6.07) is 0. The van der Waals surface area contributed by atoms with Crippen LogP contribution in [0.5, 0.6) is 0 Å². The highest BCUT2D eigenvalue weighted by atomic mass is 16.3. The average molecular weight is 242 g/mol. The molecular formula is C13H26N2O2. The maximum absolute atomic E-state index is 11.9. The van der Waals surface area contributed by atoms with Gasteiger partial charge in [0.05, 0.1) is 11.5 Å². The van der Waals surface area contributed by atoms with Crippen LogP contribution in [0, 0.1) is 17.8 Å². The first kappa shape index (κ1) is 14.5. The molecule has 17 heavy (non-hydrogen) atoms. The number of hydrogen-bond acceptors (Lipinski definition) is 3. The highest BCUT2D eigenvalue weighted by Gasteiger charge is 2.31. The summed E-state index contributed by atoms with van der Waals surface area (Å²) >= 11 is 0. The van der Waals surface area contributed by atoms with Crippen molar-refractivity contribution in [3.8, 4) is 0 Å². The van der Waals surface area contributed by atoms with Crippen LogP contribution < -0.4 is 10.6 Å². The number of rotatable bonds is 5. The maximum atomic E-state index is 11.9. The molecule has 0 radical (unpaired) electrons. The fourth-order valence-electron chi connectivity index (χ4n) is 2.52. The Hall–Kier alpha value is -0.610. The van der Waals surface area contributed by atoms with Crippen LogP contribution in [0.1, 0.15) is 34.1 Å². The van der Waals surface area contributed by atoms with E-state index in [0.29, 0.717) is 24.8 Å². The van der Waals surface area contributed by atoms with Crippen LogP contribution in [0.3, 0.4) is 0 Å². The summed E-state index contributed by atoms with van der Waals surface area (Å²) in [5.74, 6) is 0.912. The van der Waals surface area contributed by atoms with Gasteiger partial charge in [-0.05, 0) is 31.7 Å². The minimum Gasteiger partial charge on any atom is -0.388 e. The second-order valence-electron chi connectivity index (χ2n) is 6.05. The standard InChI is InChI=1S/C13H26N2O2/c1-9(2)5-13(4,17)8-15-12(16)11-7-14-6-10(11)3/h9-11,14,17H,5-8H2,1-4H3,(H,15,16). The van der Waals surface area contributed by atoms with Crippen LogP contribution in [0.25, 0.3) is 0 Å². The molecule has 100 valence electrons. The van der Waals surface area contributed by atoms with E-state index >= 15 is 0 Å². The van der Waals surface area contributed by atoms with Gasteiger partial charge in [0.2, 0.25) is 5.91 Å². The number of hydrogen-bond donors (Lipinski definition) is 3. The van der Waals surface area contributed by atoms with E-state index in [4.69, 9.17) is 0 Å². The second kappa shape index (κ2) is 5.83. The summed E-state index contributed by atoms with van der Waals surface area (Å²) in [5.41, 5.74) is -0.806. The molecule has 1 aliphatic heterocycles. The summed E-state index contributed by atoms with van der Waals surface area (Å²) in [7, 11) is 0. The Kier molecular flexibility index (Phi) is 4.95. The quantitative estimate of drug-likeness (QED) is 0.667. The monoisotopic (exact) mass is 242 g/mol. The fourth-order valence-corrected chi connectivity index (χ4v) is 2.52. The van der Waals surface area contributed by atoms with E-state index in [1.807, 2.05) is 0 Å². The van der Waals surface area contributed by atoms with E-state index in [2.05, 4.69) is 31.4 Å². The zero-order valence-corrected chi connectivity index (χ0v) is 11.4. The van der Waals surface area contributed by atoms with Crippen LogP contribution in [-0.4, -0.2) is 36.2 Å². The Morgan fingerprint density at radius 1 is 1.53 bits per heavy atom. The average Bonchev–Trinajstić information content (AvgIpc) is 2.59. The normalized spacial score (nSPS) is 28.1. The lowest BCUT2D eigenvalue weighted by Gasteiger charge is -2.26. The van der Waals surface area contributed by atoms with Crippen LogP contribution in [0.2, 0.25) is 0 Å². The van der Waals surface area contributed by atoms with Crippen LogP contribution in [0.15, 0.2) is 0 Å². The third kappa shape index (κ3) is 4.64. The lowest BCUT2D eigenvalue weighted by molar-refractivity contribution is -0.126. The van der Waals surface area contributed by atoms with Crippen molar-refractivity contribution in [1.82, 2.24) is 10.6 Å². The molecule has 0 aromatic carbocycles. The van der Waals surface area contributed by atoms with E-state index in [9.17, 15) is 9.90 Å². The second-order valence-corrected chi connectivity index (χ2v) is 6.05. The number of amides is 1. The summed E-state index contributed by atoms with van der Waals surface area (Å²) in [4.78, 5) is 11.9. The Labute approximate surface area is 104 Å². The summed E-state index contributed by atoms with van der Waals surface area (Å²) in [6.45, 7) is 9.99. The van der Waals surface area contributed by atoms with Crippen LogP contribution >= 0.6 is 0 Å². The molecule has 0 aromatic rings. The van der Waals surface area contributed by atoms with Gasteiger partial charge in [0, 0.05) is 13.1 Å². The summed E-state index contributed by atoms with van der Waals surface area (Å²) in [5, 5.41) is 16.2. The van der Waals surface area contributed by atoms with Crippen molar-refractivity contribution < 1.29 is 9.90 Å². The Morgan fingerprint density at radius 2 is 2.18 bits per heavy atom.